The van der Waals surface area contributed by atoms with Gasteiger partial charge in [0.25, 0.3) is 0 Å². The second kappa shape index (κ2) is 10.8. The van der Waals surface area contributed by atoms with Gasteiger partial charge in [0.05, 0.1) is 17.6 Å². The molecule has 0 aliphatic rings. The number of ether oxygens (including phenoxy) is 1. The molecule has 0 amide bonds. The lowest BCUT2D eigenvalue weighted by Gasteiger charge is -2.07. The fourth-order valence-electron chi connectivity index (χ4n) is 4.41. The van der Waals surface area contributed by atoms with Gasteiger partial charge < -0.3 is 19.5 Å². The van der Waals surface area contributed by atoms with Crippen LogP contribution in [-0.2, 0) is 29.2 Å². The van der Waals surface area contributed by atoms with E-state index in [-0.39, 0.29) is 13.0 Å². The summed E-state index contributed by atoms with van der Waals surface area (Å²) in [4.78, 5) is 27.3. The van der Waals surface area contributed by atoms with Crippen LogP contribution >= 0.6 is 11.6 Å². The Hall–Kier alpha value is -4.62. The summed E-state index contributed by atoms with van der Waals surface area (Å²) in [5.74, 6) is -1.27. The third-order valence-corrected chi connectivity index (χ3v) is 6.33. The lowest BCUT2D eigenvalue weighted by molar-refractivity contribution is -0.138. The molecule has 2 N–H and O–H groups in total. The first-order valence-electron chi connectivity index (χ1n) is 11.9. The topological polar surface area (TPSA) is 102 Å². The van der Waals surface area contributed by atoms with E-state index >= 15 is 0 Å². The van der Waals surface area contributed by atoms with Crippen molar-refractivity contribution in [3.8, 4) is 5.75 Å². The molecule has 0 fully saturated rings. The Kier molecular flexibility index (Phi) is 7.11. The predicted molar refractivity (Wildman–Crippen MR) is 147 cm³/mol. The zero-order chi connectivity index (χ0) is 26.6. The van der Waals surface area contributed by atoms with Crippen molar-refractivity contribution in [2.45, 2.75) is 19.6 Å². The molecule has 0 bridgehead atoms. The molecule has 0 saturated carbocycles. The molecular formula is C30H23ClN2O5. The van der Waals surface area contributed by atoms with Gasteiger partial charge in [-0.3, -0.25) is 9.59 Å². The smallest absolute Gasteiger partial charge is 0.323 e. The standard InChI is InChI=1S/C30H23ClN2O5/c31-23-10-8-20-9-11-24(32-26(20)15-23)18-38-25-12-5-19(6-13-25)4-7-21-2-1-3-27-30(21)22(14-28(34)35)16-33(27)17-29(36)37/h1-13,15-16H,14,17-18H2,(H,34,35)(H,36,37). The highest BCUT2D eigenvalue weighted by molar-refractivity contribution is 6.31. The average Bonchev–Trinajstić information content (AvgIpc) is 3.22. The number of carbonyl (C=O) groups is 2. The number of carboxylic acid groups (broad SMARTS) is 2. The Morgan fingerprint density at radius 1 is 0.947 bits per heavy atom. The average molecular weight is 527 g/mol. The number of nitrogens with zero attached hydrogens (tertiary/aromatic N) is 2. The van der Waals surface area contributed by atoms with E-state index in [4.69, 9.17) is 16.3 Å². The van der Waals surface area contributed by atoms with Crippen LogP contribution in [0.25, 0.3) is 34.0 Å². The van der Waals surface area contributed by atoms with Gasteiger partial charge in [-0.15, -0.1) is 0 Å². The molecule has 0 saturated heterocycles. The van der Waals surface area contributed by atoms with Crippen molar-refractivity contribution >= 4 is 57.5 Å². The molecule has 5 aromatic rings. The molecule has 2 heterocycles. The van der Waals surface area contributed by atoms with Crippen molar-refractivity contribution < 1.29 is 24.5 Å². The normalized spacial score (nSPS) is 11.4. The summed E-state index contributed by atoms with van der Waals surface area (Å²) in [6.45, 7) is 0.0759. The zero-order valence-electron chi connectivity index (χ0n) is 20.2. The second-order valence-corrected chi connectivity index (χ2v) is 9.25. The lowest BCUT2D eigenvalue weighted by Crippen LogP contribution is -2.07. The quantitative estimate of drug-likeness (QED) is 0.218. The highest BCUT2D eigenvalue weighted by atomic mass is 35.5. The summed E-state index contributed by atoms with van der Waals surface area (Å²) >= 11 is 6.08. The van der Waals surface area contributed by atoms with Gasteiger partial charge >= 0.3 is 11.9 Å². The minimum Gasteiger partial charge on any atom is -0.487 e. The summed E-state index contributed by atoms with van der Waals surface area (Å²) in [6, 6.07) is 22.6. The number of hydrogen-bond donors (Lipinski definition) is 2. The number of hydrogen-bond acceptors (Lipinski definition) is 4. The van der Waals surface area contributed by atoms with Gasteiger partial charge in [0.15, 0.2) is 0 Å². The summed E-state index contributed by atoms with van der Waals surface area (Å²) < 4.78 is 7.48. The molecule has 0 aliphatic heterocycles. The van der Waals surface area contributed by atoms with E-state index in [0.717, 1.165) is 33.1 Å². The highest BCUT2D eigenvalue weighted by Crippen LogP contribution is 2.28. The minimum atomic E-state index is -0.993. The molecule has 0 aliphatic carbocycles. The summed E-state index contributed by atoms with van der Waals surface area (Å²) in [6.07, 6.45) is 5.24. The molecule has 2 aromatic heterocycles. The maximum Gasteiger partial charge on any atom is 0.323 e. The first-order valence-corrected chi connectivity index (χ1v) is 12.2. The Bertz CT molecular complexity index is 1690. The lowest BCUT2D eigenvalue weighted by atomic mass is 10.0. The van der Waals surface area contributed by atoms with Crippen LogP contribution in [0, 0.1) is 0 Å². The zero-order valence-corrected chi connectivity index (χ0v) is 20.9. The largest absolute Gasteiger partial charge is 0.487 e. The maximum atomic E-state index is 11.4. The molecular weight excluding hydrogens is 504 g/mol. The SMILES string of the molecule is O=C(O)Cc1cn(CC(=O)O)c2cccc(C=Cc3ccc(OCc4ccc5ccc(Cl)cc5n4)cc3)c12. The molecule has 0 atom stereocenters. The first-order chi connectivity index (χ1) is 18.4. The molecule has 7 nitrogen and oxygen atoms in total. The van der Waals surface area contributed by atoms with E-state index in [1.807, 2.05) is 78.9 Å². The summed E-state index contributed by atoms with van der Waals surface area (Å²) in [5.41, 5.74) is 4.60. The van der Waals surface area contributed by atoms with Crippen LogP contribution in [0.1, 0.15) is 22.4 Å². The minimum absolute atomic E-state index is 0.195. The number of carboxylic acids is 2. The van der Waals surface area contributed by atoms with Crippen molar-refractivity contribution in [2.75, 3.05) is 0 Å². The number of pyridine rings is 1. The molecule has 0 spiro atoms. The van der Waals surface area contributed by atoms with Gasteiger partial charge in [0.1, 0.15) is 18.9 Å². The fraction of sp³-hybridized carbons (Fsp3) is 0.100. The number of benzene rings is 3. The van der Waals surface area contributed by atoms with Gasteiger partial charge in [-0.2, -0.15) is 0 Å². The monoisotopic (exact) mass is 526 g/mol. The van der Waals surface area contributed by atoms with Crippen LogP contribution in [0.3, 0.4) is 0 Å². The van der Waals surface area contributed by atoms with Crippen LogP contribution in [0.4, 0.5) is 0 Å². The third-order valence-electron chi connectivity index (χ3n) is 6.10. The molecule has 190 valence electrons. The van der Waals surface area contributed by atoms with Crippen LogP contribution in [0.2, 0.25) is 5.02 Å². The summed E-state index contributed by atoms with van der Waals surface area (Å²) in [5, 5.41) is 21.0. The van der Waals surface area contributed by atoms with E-state index in [0.29, 0.717) is 28.5 Å². The van der Waals surface area contributed by atoms with Gasteiger partial charge in [-0.05, 0) is 53.1 Å². The van der Waals surface area contributed by atoms with Crippen molar-refractivity contribution in [2.24, 2.45) is 0 Å². The molecule has 8 heteroatoms. The third kappa shape index (κ3) is 5.68. The van der Waals surface area contributed by atoms with Gasteiger partial charge in [-0.25, -0.2) is 4.98 Å². The van der Waals surface area contributed by atoms with Crippen molar-refractivity contribution in [1.82, 2.24) is 9.55 Å². The molecule has 38 heavy (non-hydrogen) atoms. The van der Waals surface area contributed by atoms with Gasteiger partial charge in [0, 0.05) is 27.5 Å². The molecule has 3 aromatic carbocycles. The Labute approximate surface area is 223 Å². The van der Waals surface area contributed by atoms with E-state index in [2.05, 4.69) is 4.98 Å². The van der Waals surface area contributed by atoms with Gasteiger partial charge in [0.2, 0.25) is 0 Å². The Balaban J connectivity index is 1.33. The second-order valence-electron chi connectivity index (χ2n) is 8.82. The Morgan fingerprint density at radius 2 is 1.74 bits per heavy atom. The van der Waals surface area contributed by atoms with Crippen molar-refractivity contribution in [1.29, 1.82) is 0 Å². The number of fused-ring (bicyclic) bond motifs is 2. The molecule has 0 radical (unpaired) electrons. The van der Waals surface area contributed by atoms with E-state index < -0.39 is 11.9 Å². The van der Waals surface area contributed by atoms with Crippen LogP contribution in [0.5, 0.6) is 5.75 Å². The number of aliphatic carboxylic acids is 2. The van der Waals surface area contributed by atoms with E-state index in [1.54, 1.807) is 16.8 Å². The number of aromatic nitrogens is 2. The van der Waals surface area contributed by atoms with Crippen LogP contribution in [-0.4, -0.2) is 31.7 Å². The molecule has 5 rings (SSSR count). The fourth-order valence-corrected chi connectivity index (χ4v) is 4.58. The first kappa shape index (κ1) is 25.0. The Morgan fingerprint density at radius 3 is 2.50 bits per heavy atom. The maximum absolute atomic E-state index is 11.4. The van der Waals surface area contributed by atoms with E-state index in [1.165, 1.54) is 0 Å². The van der Waals surface area contributed by atoms with Crippen molar-refractivity contribution in [3.05, 3.63) is 106 Å². The summed E-state index contributed by atoms with van der Waals surface area (Å²) in [7, 11) is 0. The van der Waals surface area contributed by atoms with Gasteiger partial charge in [-0.1, -0.05) is 60.2 Å². The highest BCUT2D eigenvalue weighted by Gasteiger charge is 2.15. The number of halogens is 1. The van der Waals surface area contributed by atoms with E-state index in [9.17, 15) is 19.8 Å². The van der Waals surface area contributed by atoms with Crippen LogP contribution < -0.4 is 4.74 Å². The van der Waals surface area contributed by atoms with Crippen LogP contribution in [0.15, 0.2) is 79.0 Å². The molecule has 0 unspecified atom stereocenters. The number of rotatable bonds is 9. The van der Waals surface area contributed by atoms with Crippen molar-refractivity contribution in [3.63, 3.8) is 0 Å². The predicted octanol–water partition coefficient (Wildman–Crippen LogP) is 6.30.